The maximum absolute atomic E-state index is 12.3. The van der Waals surface area contributed by atoms with Crippen LogP contribution >= 0.6 is 0 Å². The van der Waals surface area contributed by atoms with Gasteiger partial charge in [0.2, 0.25) is 0 Å². The molecular formula is C17H28O4. The van der Waals surface area contributed by atoms with Gasteiger partial charge in [0.05, 0.1) is 13.5 Å². The van der Waals surface area contributed by atoms with Crippen molar-refractivity contribution in [3.05, 3.63) is 0 Å². The van der Waals surface area contributed by atoms with Gasteiger partial charge in [-0.15, -0.1) is 0 Å². The van der Waals surface area contributed by atoms with Crippen LogP contribution in [0.1, 0.15) is 65.7 Å². The van der Waals surface area contributed by atoms with Crippen LogP contribution in [0.4, 0.5) is 0 Å². The Kier molecular flexibility index (Phi) is 4.64. The third kappa shape index (κ3) is 3.58. The number of esters is 2. The van der Waals surface area contributed by atoms with Crippen molar-refractivity contribution in [3.63, 3.8) is 0 Å². The van der Waals surface area contributed by atoms with Crippen molar-refractivity contribution < 1.29 is 19.1 Å². The SMILES string of the molecule is COC(=O)CC1CC2CCCCC21CC(=O)OC(C)(C)C. The van der Waals surface area contributed by atoms with Gasteiger partial charge in [0.1, 0.15) is 5.60 Å². The monoisotopic (exact) mass is 296 g/mol. The summed E-state index contributed by atoms with van der Waals surface area (Å²) in [5, 5.41) is 0. The lowest BCUT2D eigenvalue weighted by Gasteiger charge is -2.58. The number of carbonyl (C=O) groups is 2. The molecule has 0 aromatic rings. The van der Waals surface area contributed by atoms with E-state index in [9.17, 15) is 9.59 Å². The first-order valence-electron chi connectivity index (χ1n) is 8.05. The third-order valence-corrected chi connectivity index (χ3v) is 5.17. The molecule has 21 heavy (non-hydrogen) atoms. The van der Waals surface area contributed by atoms with Gasteiger partial charge in [-0.2, -0.15) is 0 Å². The van der Waals surface area contributed by atoms with Crippen molar-refractivity contribution in [2.75, 3.05) is 7.11 Å². The molecule has 0 amide bonds. The molecule has 2 aliphatic carbocycles. The zero-order valence-corrected chi connectivity index (χ0v) is 13.7. The Bertz CT molecular complexity index is 410. The normalized spacial score (nSPS) is 31.8. The van der Waals surface area contributed by atoms with Crippen LogP contribution in [-0.4, -0.2) is 24.6 Å². The van der Waals surface area contributed by atoms with Gasteiger partial charge in [0.25, 0.3) is 0 Å². The van der Waals surface area contributed by atoms with E-state index in [4.69, 9.17) is 9.47 Å². The van der Waals surface area contributed by atoms with Crippen molar-refractivity contribution in [1.29, 1.82) is 0 Å². The van der Waals surface area contributed by atoms with E-state index >= 15 is 0 Å². The van der Waals surface area contributed by atoms with E-state index in [1.54, 1.807) is 0 Å². The maximum Gasteiger partial charge on any atom is 0.306 e. The largest absolute Gasteiger partial charge is 0.469 e. The summed E-state index contributed by atoms with van der Waals surface area (Å²) in [5.41, 5.74) is -0.464. The average molecular weight is 296 g/mol. The minimum atomic E-state index is -0.445. The van der Waals surface area contributed by atoms with Crippen LogP contribution in [0.3, 0.4) is 0 Å². The minimum absolute atomic E-state index is 0.0191. The zero-order chi connectivity index (χ0) is 15.7. The number of hydrogen-bond donors (Lipinski definition) is 0. The molecule has 2 aliphatic rings. The Labute approximate surface area is 127 Å². The molecule has 2 saturated carbocycles. The van der Waals surface area contributed by atoms with Gasteiger partial charge in [-0.3, -0.25) is 9.59 Å². The van der Waals surface area contributed by atoms with Crippen LogP contribution < -0.4 is 0 Å². The van der Waals surface area contributed by atoms with Gasteiger partial charge < -0.3 is 9.47 Å². The lowest BCUT2D eigenvalue weighted by atomic mass is 9.46. The predicted octanol–water partition coefficient (Wildman–Crippen LogP) is 3.48. The lowest BCUT2D eigenvalue weighted by Crippen LogP contribution is -2.53. The Balaban J connectivity index is 2.05. The van der Waals surface area contributed by atoms with E-state index in [0.29, 0.717) is 18.8 Å². The van der Waals surface area contributed by atoms with Crippen LogP contribution in [-0.2, 0) is 19.1 Å². The fraction of sp³-hybridized carbons (Fsp3) is 0.882. The second-order valence-corrected chi connectivity index (χ2v) is 7.65. The van der Waals surface area contributed by atoms with Crippen LogP contribution in [0.2, 0.25) is 0 Å². The molecule has 0 radical (unpaired) electrons. The van der Waals surface area contributed by atoms with Gasteiger partial charge in [0.15, 0.2) is 0 Å². The topological polar surface area (TPSA) is 52.6 Å². The van der Waals surface area contributed by atoms with Gasteiger partial charge in [-0.1, -0.05) is 12.8 Å². The summed E-state index contributed by atoms with van der Waals surface area (Å²) >= 11 is 0. The molecule has 0 saturated heterocycles. The Morgan fingerprint density at radius 3 is 2.48 bits per heavy atom. The highest BCUT2D eigenvalue weighted by Gasteiger charge is 2.56. The first-order chi connectivity index (χ1) is 9.77. The predicted molar refractivity (Wildman–Crippen MR) is 79.6 cm³/mol. The summed E-state index contributed by atoms with van der Waals surface area (Å²) in [6.07, 6.45) is 6.56. The summed E-state index contributed by atoms with van der Waals surface area (Å²) in [6, 6.07) is 0. The van der Waals surface area contributed by atoms with E-state index in [0.717, 1.165) is 19.3 Å². The van der Waals surface area contributed by atoms with Gasteiger partial charge in [-0.05, 0) is 57.3 Å². The Morgan fingerprint density at radius 1 is 1.19 bits per heavy atom. The van der Waals surface area contributed by atoms with Crippen LogP contribution in [0, 0.1) is 17.3 Å². The van der Waals surface area contributed by atoms with E-state index < -0.39 is 5.60 Å². The van der Waals surface area contributed by atoms with E-state index in [-0.39, 0.29) is 23.3 Å². The molecule has 2 fully saturated rings. The number of ether oxygens (including phenoxy) is 2. The van der Waals surface area contributed by atoms with Gasteiger partial charge in [0, 0.05) is 6.42 Å². The second-order valence-electron chi connectivity index (χ2n) is 7.65. The third-order valence-electron chi connectivity index (χ3n) is 5.17. The minimum Gasteiger partial charge on any atom is -0.469 e. The summed E-state index contributed by atoms with van der Waals surface area (Å²) in [6.45, 7) is 5.69. The first kappa shape index (κ1) is 16.3. The molecule has 2 rings (SSSR count). The number of hydrogen-bond acceptors (Lipinski definition) is 4. The molecule has 0 heterocycles. The second kappa shape index (κ2) is 5.98. The molecule has 0 aromatic carbocycles. The summed E-state index contributed by atoms with van der Waals surface area (Å²) in [5.74, 6) is 0.577. The number of rotatable bonds is 4. The number of carbonyl (C=O) groups excluding carboxylic acids is 2. The number of methoxy groups -OCH3 is 1. The lowest BCUT2D eigenvalue weighted by molar-refractivity contribution is -0.174. The molecule has 0 spiro atoms. The first-order valence-corrected chi connectivity index (χ1v) is 8.05. The van der Waals surface area contributed by atoms with Gasteiger partial charge in [-0.25, -0.2) is 0 Å². The highest BCUT2D eigenvalue weighted by atomic mass is 16.6. The smallest absolute Gasteiger partial charge is 0.306 e. The molecule has 0 N–H and O–H groups in total. The summed E-state index contributed by atoms with van der Waals surface area (Å²) in [4.78, 5) is 23.9. The van der Waals surface area contributed by atoms with Crippen LogP contribution in [0.25, 0.3) is 0 Å². The van der Waals surface area contributed by atoms with Crippen LogP contribution in [0.5, 0.6) is 0 Å². The summed E-state index contributed by atoms with van der Waals surface area (Å²) < 4.78 is 10.3. The average Bonchev–Trinajstić information content (AvgIpc) is 2.36. The Hall–Kier alpha value is -1.06. The van der Waals surface area contributed by atoms with Crippen molar-refractivity contribution in [3.8, 4) is 0 Å². The molecule has 0 aromatic heterocycles. The van der Waals surface area contributed by atoms with Crippen LogP contribution in [0.15, 0.2) is 0 Å². The molecule has 120 valence electrons. The maximum atomic E-state index is 12.3. The van der Waals surface area contributed by atoms with Crippen molar-refractivity contribution in [2.24, 2.45) is 17.3 Å². The van der Waals surface area contributed by atoms with Crippen molar-refractivity contribution in [1.82, 2.24) is 0 Å². The molecule has 4 heteroatoms. The Morgan fingerprint density at radius 2 is 1.90 bits per heavy atom. The quantitative estimate of drug-likeness (QED) is 0.745. The molecule has 3 atom stereocenters. The number of fused-ring (bicyclic) bond motifs is 1. The standard InChI is InChI=1S/C17H28O4/c1-16(2,3)21-15(19)11-17-8-6-5-7-12(17)9-13(17)10-14(18)20-4/h12-13H,5-11H2,1-4H3. The van der Waals surface area contributed by atoms with E-state index in [1.807, 2.05) is 20.8 Å². The fourth-order valence-electron chi connectivity index (χ4n) is 4.24. The zero-order valence-electron chi connectivity index (χ0n) is 13.7. The highest BCUT2D eigenvalue weighted by molar-refractivity contribution is 5.72. The molecule has 3 unspecified atom stereocenters. The molecular weight excluding hydrogens is 268 g/mol. The van der Waals surface area contributed by atoms with Crippen molar-refractivity contribution >= 4 is 11.9 Å². The molecule has 4 nitrogen and oxygen atoms in total. The van der Waals surface area contributed by atoms with Gasteiger partial charge >= 0.3 is 11.9 Å². The van der Waals surface area contributed by atoms with Crippen molar-refractivity contribution in [2.45, 2.75) is 71.3 Å². The molecule has 0 bridgehead atoms. The highest BCUT2D eigenvalue weighted by Crippen LogP contribution is 2.62. The molecule has 0 aliphatic heterocycles. The van der Waals surface area contributed by atoms with E-state index in [1.165, 1.54) is 20.0 Å². The summed E-state index contributed by atoms with van der Waals surface area (Å²) in [7, 11) is 1.43. The van der Waals surface area contributed by atoms with E-state index in [2.05, 4.69) is 0 Å². The fourth-order valence-corrected chi connectivity index (χ4v) is 4.24.